The molecule has 0 fully saturated rings. The summed E-state index contributed by atoms with van der Waals surface area (Å²) in [5.41, 5.74) is 0.456. The number of benzene rings is 2. The van der Waals surface area contributed by atoms with Gasteiger partial charge in [-0.3, -0.25) is 4.79 Å². The zero-order chi connectivity index (χ0) is 18.7. The summed E-state index contributed by atoms with van der Waals surface area (Å²) in [4.78, 5) is 14.5. The van der Waals surface area contributed by atoms with Crippen LogP contribution in [0.25, 0.3) is 0 Å². The highest BCUT2D eigenvalue weighted by atomic mass is 35.5. The molecule has 1 amide bonds. The molecule has 0 bridgehead atoms. The number of carbonyl (C=O) groups excluding carboxylic acids is 1. The molecule has 2 aromatic carbocycles. The first-order chi connectivity index (χ1) is 11.6. The zero-order valence-electron chi connectivity index (χ0n) is 14.6. The standard InChI is InChI=1S/C19H22ClNO3S/c1-19(2,3)21(13-15-7-5-4-6-8-15)18(22)14-25(23,24)17-11-9-16(20)10-12-17/h4-12H,13-14H2,1-3H3. The predicted octanol–water partition coefficient (Wildman–Crippen LogP) is 3.94. The number of rotatable bonds is 5. The minimum absolute atomic E-state index is 0.0961. The van der Waals surface area contributed by atoms with Gasteiger partial charge >= 0.3 is 0 Å². The lowest BCUT2D eigenvalue weighted by Gasteiger charge is -2.36. The minimum Gasteiger partial charge on any atom is -0.333 e. The SMILES string of the molecule is CC(C)(C)N(Cc1ccccc1)C(=O)CS(=O)(=O)c1ccc(Cl)cc1. The topological polar surface area (TPSA) is 54.5 Å². The van der Waals surface area contributed by atoms with Gasteiger partial charge < -0.3 is 4.90 Å². The molecule has 0 spiro atoms. The second-order valence-electron chi connectivity index (χ2n) is 6.85. The Labute approximate surface area is 154 Å². The van der Waals surface area contributed by atoms with Gasteiger partial charge in [-0.2, -0.15) is 0 Å². The van der Waals surface area contributed by atoms with Crippen LogP contribution in [0.15, 0.2) is 59.5 Å². The summed E-state index contributed by atoms with van der Waals surface area (Å²) in [5.74, 6) is -0.995. The van der Waals surface area contributed by atoms with Gasteiger partial charge in [-0.25, -0.2) is 8.42 Å². The molecule has 0 saturated heterocycles. The monoisotopic (exact) mass is 379 g/mol. The third-order valence-electron chi connectivity index (χ3n) is 3.78. The maximum atomic E-state index is 12.8. The summed E-state index contributed by atoms with van der Waals surface area (Å²) in [6.45, 7) is 6.04. The van der Waals surface area contributed by atoms with Gasteiger partial charge in [0.25, 0.3) is 0 Å². The van der Waals surface area contributed by atoms with Crippen molar-refractivity contribution in [2.24, 2.45) is 0 Å². The highest BCUT2D eigenvalue weighted by Crippen LogP contribution is 2.21. The van der Waals surface area contributed by atoms with E-state index in [2.05, 4.69) is 0 Å². The van der Waals surface area contributed by atoms with Crippen LogP contribution >= 0.6 is 11.6 Å². The van der Waals surface area contributed by atoms with Crippen LogP contribution in [0.2, 0.25) is 5.02 Å². The van der Waals surface area contributed by atoms with E-state index in [4.69, 9.17) is 11.6 Å². The first kappa shape index (κ1) is 19.5. The fourth-order valence-electron chi connectivity index (χ4n) is 2.43. The highest BCUT2D eigenvalue weighted by Gasteiger charge is 2.30. The van der Waals surface area contributed by atoms with Crippen LogP contribution in [0.4, 0.5) is 0 Å². The van der Waals surface area contributed by atoms with Crippen LogP contribution in [-0.4, -0.2) is 30.5 Å². The summed E-state index contributed by atoms with van der Waals surface area (Å²) in [7, 11) is -3.72. The average Bonchev–Trinajstić information content (AvgIpc) is 2.52. The van der Waals surface area contributed by atoms with Gasteiger partial charge in [0, 0.05) is 17.1 Å². The third kappa shape index (κ3) is 5.31. The molecule has 0 unspecified atom stereocenters. The number of carbonyl (C=O) groups is 1. The lowest BCUT2D eigenvalue weighted by atomic mass is 10.0. The van der Waals surface area contributed by atoms with Crippen LogP contribution in [0, 0.1) is 0 Å². The van der Waals surface area contributed by atoms with Crippen molar-refractivity contribution in [2.75, 3.05) is 5.75 Å². The average molecular weight is 380 g/mol. The number of hydrogen-bond donors (Lipinski definition) is 0. The minimum atomic E-state index is -3.72. The van der Waals surface area contributed by atoms with E-state index in [-0.39, 0.29) is 4.90 Å². The van der Waals surface area contributed by atoms with E-state index in [1.807, 2.05) is 51.1 Å². The first-order valence-electron chi connectivity index (χ1n) is 7.92. The van der Waals surface area contributed by atoms with Crippen molar-refractivity contribution in [3.63, 3.8) is 0 Å². The second-order valence-corrected chi connectivity index (χ2v) is 9.28. The third-order valence-corrected chi connectivity index (χ3v) is 5.65. The van der Waals surface area contributed by atoms with Crippen molar-refractivity contribution in [1.82, 2.24) is 4.90 Å². The Morgan fingerprint density at radius 2 is 1.56 bits per heavy atom. The van der Waals surface area contributed by atoms with Gasteiger partial charge in [0.05, 0.1) is 4.90 Å². The van der Waals surface area contributed by atoms with Gasteiger partial charge in [-0.05, 0) is 50.6 Å². The van der Waals surface area contributed by atoms with Gasteiger partial charge in [0.1, 0.15) is 5.75 Å². The molecule has 0 saturated carbocycles. The van der Waals surface area contributed by atoms with Crippen LogP contribution in [-0.2, 0) is 21.2 Å². The number of nitrogens with zero attached hydrogens (tertiary/aromatic N) is 1. The molecule has 0 N–H and O–H groups in total. The number of sulfone groups is 1. The van der Waals surface area contributed by atoms with Crippen molar-refractivity contribution >= 4 is 27.3 Å². The van der Waals surface area contributed by atoms with E-state index in [0.29, 0.717) is 11.6 Å². The Morgan fingerprint density at radius 3 is 2.08 bits per heavy atom. The van der Waals surface area contributed by atoms with E-state index < -0.39 is 27.0 Å². The largest absolute Gasteiger partial charge is 0.333 e. The molecule has 25 heavy (non-hydrogen) atoms. The van der Waals surface area contributed by atoms with Crippen molar-refractivity contribution in [1.29, 1.82) is 0 Å². The molecule has 0 aliphatic carbocycles. The normalized spacial score (nSPS) is 12.0. The van der Waals surface area contributed by atoms with Crippen LogP contribution in [0.1, 0.15) is 26.3 Å². The molecule has 0 atom stereocenters. The van der Waals surface area contributed by atoms with Crippen LogP contribution in [0.3, 0.4) is 0 Å². The molecule has 2 aromatic rings. The Kier molecular flexibility index (Phi) is 5.91. The number of halogens is 1. The number of amides is 1. The smallest absolute Gasteiger partial charge is 0.238 e. The number of hydrogen-bond acceptors (Lipinski definition) is 3. The Bertz CT molecular complexity index is 825. The van der Waals surface area contributed by atoms with Crippen molar-refractivity contribution in [3.8, 4) is 0 Å². The fourth-order valence-corrected chi connectivity index (χ4v) is 3.76. The maximum absolute atomic E-state index is 12.8. The second kappa shape index (κ2) is 7.58. The molecule has 6 heteroatoms. The van der Waals surface area contributed by atoms with Crippen molar-refractivity contribution in [3.05, 3.63) is 65.2 Å². The predicted molar refractivity (Wildman–Crippen MR) is 100 cm³/mol. The van der Waals surface area contributed by atoms with Crippen LogP contribution < -0.4 is 0 Å². The molecular weight excluding hydrogens is 358 g/mol. The molecule has 4 nitrogen and oxygen atoms in total. The lowest BCUT2D eigenvalue weighted by molar-refractivity contribution is -0.133. The van der Waals surface area contributed by atoms with Crippen molar-refractivity contribution in [2.45, 2.75) is 37.8 Å². The summed E-state index contributed by atoms with van der Waals surface area (Å²) >= 11 is 5.80. The van der Waals surface area contributed by atoms with Crippen molar-refractivity contribution < 1.29 is 13.2 Å². The molecular formula is C19H22ClNO3S. The van der Waals surface area contributed by atoms with Crippen LogP contribution in [0.5, 0.6) is 0 Å². The molecule has 0 radical (unpaired) electrons. The van der Waals surface area contributed by atoms with Gasteiger partial charge in [-0.15, -0.1) is 0 Å². The summed E-state index contributed by atoms with van der Waals surface area (Å²) in [5, 5.41) is 0.450. The molecule has 0 aliphatic rings. The highest BCUT2D eigenvalue weighted by molar-refractivity contribution is 7.92. The fraction of sp³-hybridized carbons (Fsp3) is 0.316. The van der Waals surface area contributed by atoms with Gasteiger partial charge in [0.2, 0.25) is 5.91 Å². The van der Waals surface area contributed by atoms with Gasteiger partial charge in [-0.1, -0.05) is 41.9 Å². The lowest BCUT2D eigenvalue weighted by Crippen LogP contribution is -2.47. The summed E-state index contributed by atoms with van der Waals surface area (Å²) in [6, 6.07) is 15.4. The summed E-state index contributed by atoms with van der Waals surface area (Å²) < 4.78 is 25.1. The van der Waals surface area contributed by atoms with E-state index in [0.717, 1.165) is 5.56 Å². The molecule has 0 aliphatic heterocycles. The molecule has 134 valence electrons. The van der Waals surface area contributed by atoms with E-state index in [1.54, 1.807) is 4.90 Å². The molecule has 0 heterocycles. The Morgan fingerprint density at radius 1 is 1.00 bits per heavy atom. The summed E-state index contributed by atoms with van der Waals surface area (Å²) in [6.07, 6.45) is 0. The molecule has 0 aromatic heterocycles. The Balaban J connectivity index is 2.23. The van der Waals surface area contributed by atoms with E-state index in [9.17, 15) is 13.2 Å². The quantitative estimate of drug-likeness (QED) is 0.790. The van der Waals surface area contributed by atoms with Gasteiger partial charge in [0.15, 0.2) is 9.84 Å². The maximum Gasteiger partial charge on any atom is 0.238 e. The van der Waals surface area contributed by atoms with E-state index in [1.165, 1.54) is 24.3 Å². The zero-order valence-corrected chi connectivity index (χ0v) is 16.1. The van der Waals surface area contributed by atoms with E-state index >= 15 is 0 Å². The Hall–Kier alpha value is -1.85. The first-order valence-corrected chi connectivity index (χ1v) is 9.95. The molecule has 2 rings (SSSR count).